The maximum absolute atomic E-state index is 11.6. The summed E-state index contributed by atoms with van der Waals surface area (Å²) in [6.07, 6.45) is 0. The number of carbonyl (C=O) groups excluding carboxylic acids is 1. The van der Waals surface area contributed by atoms with Gasteiger partial charge in [-0.05, 0) is 43.7 Å². The van der Waals surface area contributed by atoms with Crippen molar-refractivity contribution in [3.8, 4) is 0 Å². The molecule has 1 aromatic carbocycles. The molecule has 4 rings (SSSR count). The van der Waals surface area contributed by atoms with E-state index in [4.69, 9.17) is 5.73 Å². The third kappa shape index (κ3) is 3.31. The first kappa shape index (κ1) is 17.3. The summed E-state index contributed by atoms with van der Waals surface area (Å²) in [5.41, 5.74) is 10.1. The van der Waals surface area contributed by atoms with Gasteiger partial charge in [0.25, 0.3) is 5.91 Å². The number of nitrogens with zero attached hydrogens (tertiary/aromatic N) is 3. The van der Waals surface area contributed by atoms with Crippen LogP contribution >= 0.6 is 0 Å². The molecular formula is C19H23N7O. The predicted octanol–water partition coefficient (Wildman–Crippen LogP) is 1.83. The normalized spacial score (nSPS) is 14.5. The molecule has 8 nitrogen and oxygen atoms in total. The van der Waals surface area contributed by atoms with Crippen LogP contribution in [0.2, 0.25) is 0 Å². The number of benzene rings is 1. The van der Waals surface area contributed by atoms with E-state index in [9.17, 15) is 4.79 Å². The number of nitrogens with two attached hydrogens (primary N) is 1. The molecule has 1 aliphatic rings. The molecule has 0 aliphatic carbocycles. The first-order valence-electron chi connectivity index (χ1n) is 9.02. The maximum atomic E-state index is 11.6. The van der Waals surface area contributed by atoms with E-state index in [-0.39, 0.29) is 0 Å². The number of nitrogens with one attached hydrogen (secondary N) is 3. The molecule has 0 saturated carbocycles. The average Bonchev–Trinajstić information content (AvgIpc) is 3.00. The molecule has 0 bridgehead atoms. The van der Waals surface area contributed by atoms with E-state index in [1.807, 2.05) is 26.0 Å². The van der Waals surface area contributed by atoms with Crippen LogP contribution in [0.25, 0.3) is 11.0 Å². The van der Waals surface area contributed by atoms with Gasteiger partial charge in [-0.3, -0.25) is 4.79 Å². The first-order valence-corrected chi connectivity index (χ1v) is 9.02. The van der Waals surface area contributed by atoms with Crippen molar-refractivity contribution in [3.05, 3.63) is 41.2 Å². The Morgan fingerprint density at radius 3 is 2.52 bits per heavy atom. The number of primary amides is 1. The molecule has 3 heterocycles. The molecule has 0 radical (unpaired) electrons. The first-order chi connectivity index (χ1) is 13.0. The summed E-state index contributed by atoms with van der Waals surface area (Å²) >= 11 is 0. The van der Waals surface area contributed by atoms with E-state index in [1.54, 1.807) is 0 Å². The van der Waals surface area contributed by atoms with E-state index in [2.05, 4.69) is 42.6 Å². The highest BCUT2D eigenvalue weighted by atomic mass is 16.1. The summed E-state index contributed by atoms with van der Waals surface area (Å²) < 4.78 is 0. The minimum atomic E-state index is -0.497. The lowest BCUT2D eigenvalue weighted by molar-refractivity contribution is 0.0996. The summed E-state index contributed by atoms with van der Waals surface area (Å²) in [5.74, 6) is -0.0184. The topological polar surface area (TPSA) is 112 Å². The predicted molar refractivity (Wildman–Crippen MR) is 107 cm³/mol. The molecule has 3 aromatic rings. The number of rotatable bonds is 4. The number of amides is 1. The van der Waals surface area contributed by atoms with Gasteiger partial charge in [-0.1, -0.05) is 0 Å². The van der Waals surface area contributed by atoms with Gasteiger partial charge in [0, 0.05) is 42.9 Å². The summed E-state index contributed by atoms with van der Waals surface area (Å²) in [5, 5.41) is 7.43. The van der Waals surface area contributed by atoms with Crippen molar-refractivity contribution in [1.82, 2.24) is 20.3 Å². The Morgan fingerprint density at radius 2 is 1.85 bits per heavy atom. The average molecular weight is 365 g/mol. The van der Waals surface area contributed by atoms with Crippen molar-refractivity contribution in [2.24, 2.45) is 5.73 Å². The molecule has 8 heteroatoms. The van der Waals surface area contributed by atoms with Crippen LogP contribution in [0.15, 0.2) is 24.3 Å². The Balaban J connectivity index is 1.58. The van der Waals surface area contributed by atoms with Gasteiger partial charge in [0.15, 0.2) is 0 Å². The van der Waals surface area contributed by atoms with Crippen LogP contribution in [-0.2, 0) is 0 Å². The summed E-state index contributed by atoms with van der Waals surface area (Å²) in [6.45, 7) is 7.79. The van der Waals surface area contributed by atoms with Gasteiger partial charge < -0.3 is 26.3 Å². The fraction of sp³-hybridized carbons (Fsp3) is 0.316. The monoisotopic (exact) mass is 365 g/mol. The molecule has 0 atom stereocenters. The number of aromatic amines is 1. The number of fused-ring (bicyclic) bond motifs is 1. The van der Waals surface area contributed by atoms with Crippen LogP contribution in [-0.4, -0.2) is 47.0 Å². The number of hydrogen-bond acceptors (Lipinski definition) is 6. The molecule has 27 heavy (non-hydrogen) atoms. The molecule has 5 N–H and O–H groups in total. The van der Waals surface area contributed by atoms with Crippen LogP contribution < -0.4 is 21.3 Å². The van der Waals surface area contributed by atoms with E-state index < -0.39 is 5.91 Å². The molecule has 1 aliphatic heterocycles. The van der Waals surface area contributed by atoms with E-state index >= 15 is 0 Å². The van der Waals surface area contributed by atoms with Crippen molar-refractivity contribution < 1.29 is 4.79 Å². The standard InChI is InChI=1S/C19H23N7O/c1-11-15-12(2)22-19(25-18(15)24-16(11)17(20)27)23-13-3-5-14(6-4-13)26-9-7-21-8-10-26/h3-6,21H,7-10H2,1-2H3,(H2,20,27)(H2,22,23,24,25). The van der Waals surface area contributed by atoms with Crippen molar-refractivity contribution in [3.63, 3.8) is 0 Å². The number of aryl methyl sites for hydroxylation is 2. The van der Waals surface area contributed by atoms with Gasteiger partial charge in [-0.2, -0.15) is 4.98 Å². The molecule has 1 amide bonds. The van der Waals surface area contributed by atoms with Crippen LogP contribution in [0.1, 0.15) is 21.7 Å². The van der Waals surface area contributed by atoms with Gasteiger partial charge >= 0.3 is 0 Å². The largest absolute Gasteiger partial charge is 0.369 e. The highest BCUT2D eigenvalue weighted by Gasteiger charge is 2.16. The fourth-order valence-electron chi connectivity index (χ4n) is 3.56. The quantitative estimate of drug-likeness (QED) is 0.561. The zero-order valence-electron chi connectivity index (χ0n) is 15.5. The zero-order valence-corrected chi connectivity index (χ0v) is 15.5. The molecule has 0 spiro atoms. The van der Waals surface area contributed by atoms with Crippen molar-refractivity contribution in [2.75, 3.05) is 36.4 Å². The second-order valence-electron chi connectivity index (χ2n) is 6.75. The Labute approximate surface area is 157 Å². The zero-order chi connectivity index (χ0) is 19.0. The third-order valence-electron chi connectivity index (χ3n) is 4.94. The molecule has 0 unspecified atom stereocenters. The van der Waals surface area contributed by atoms with Gasteiger partial charge in [-0.15, -0.1) is 0 Å². The Morgan fingerprint density at radius 1 is 1.15 bits per heavy atom. The Hall–Kier alpha value is -3.13. The second kappa shape index (κ2) is 6.88. The fourth-order valence-corrected chi connectivity index (χ4v) is 3.56. The molecule has 140 valence electrons. The smallest absolute Gasteiger partial charge is 0.265 e. The van der Waals surface area contributed by atoms with Gasteiger partial charge in [0.2, 0.25) is 5.95 Å². The number of carbonyl (C=O) groups is 1. The van der Waals surface area contributed by atoms with Crippen molar-refractivity contribution in [1.29, 1.82) is 0 Å². The van der Waals surface area contributed by atoms with E-state index in [1.165, 1.54) is 5.69 Å². The minimum Gasteiger partial charge on any atom is -0.369 e. The van der Waals surface area contributed by atoms with E-state index in [0.29, 0.717) is 17.3 Å². The number of aromatic nitrogens is 3. The van der Waals surface area contributed by atoms with Crippen LogP contribution in [0.5, 0.6) is 0 Å². The summed E-state index contributed by atoms with van der Waals surface area (Å²) in [6, 6.07) is 8.25. The van der Waals surface area contributed by atoms with E-state index in [0.717, 1.165) is 48.5 Å². The molecule has 1 fully saturated rings. The van der Waals surface area contributed by atoms with Gasteiger partial charge in [0.05, 0.1) is 5.69 Å². The number of piperazine rings is 1. The Kier molecular flexibility index (Phi) is 4.41. The van der Waals surface area contributed by atoms with Crippen molar-refractivity contribution in [2.45, 2.75) is 13.8 Å². The second-order valence-corrected chi connectivity index (χ2v) is 6.75. The maximum Gasteiger partial charge on any atom is 0.265 e. The number of hydrogen-bond donors (Lipinski definition) is 4. The summed E-state index contributed by atoms with van der Waals surface area (Å²) in [7, 11) is 0. The SMILES string of the molecule is Cc1nc(Nc2ccc(N3CCNCC3)cc2)nc2[nH]c(C(N)=O)c(C)c12. The lowest BCUT2D eigenvalue weighted by Crippen LogP contribution is -2.43. The Bertz CT molecular complexity index is 987. The highest BCUT2D eigenvalue weighted by Crippen LogP contribution is 2.25. The van der Waals surface area contributed by atoms with Crippen LogP contribution in [0.3, 0.4) is 0 Å². The lowest BCUT2D eigenvalue weighted by Gasteiger charge is -2.29. The minimum absolute atomic E-state index is 0.375. The number of H-pyrrole nitrogens is 1. The number of anilines is 3. The highest BCUT2D eigenvalue weighted by molar-refractivity contribution is 5.99. The lowest BCUT2D eigenvalue weighted by atomic mass is 10.1. The van der Waals surface area contributed by atoms with Gasteiger partial charge in [0.1, 0.15) is 11.3 Å². The molecule has 1 saturated heterocycles. The molecule has 2 aromatic heterocycles. The van der Waals surface area contributed by atoms with Crippen LogP contribution in [0.4, 0.5) is 17.3 Å². The van der Waals surface area contributed by atoms with Crippen LogP contribution in [0, 0.1) is 13.8 Å². The molecular weight excluding hydrogens is 342 g/mol. The summed E-state index contributed by atoms with van der Waals surface area (Å²) in [4.78, 5) is 26.0. The third-order valence-corrected chi connectivity index (χ3v) is 4.94. The van der Waals surface area contributed by atoms with Crippen molar-refractivity contribution >= 4 is 34.3 Å². The van der Waals surface area contributed by atoms with Gasteiger partial charge in [-0.25, -0.2) is 4.98 Å².